The molecule has 1 atom stereocenters. The van der Waals surface area contributed by atoms with E-state index < -0.39 is 15.7 Å². The molecule has 0 fully saturated rings. The van der Waals surface area contributed by atoms with Gasteiger partial charge in [-0.15, -0.1) is 0 Å². The molecule has 0 aliphatic rings. The number of aromatic nitrogens is 1. The van der Waals surface area contributed by atoms with Gasteiger partial charge >= 0.3 is 5.69 Å². The molecular weight excluding hydrogens is 266 g/mol. The maximum Gasteiger partial charge on any atom is 0.312 e. The minimum absolute atomic E-state index is 0.146. The topological polar surface area (TPSA) is 85.1 Å². The van der Waals surface area contributed by atoms with Gasteiger partial charge in [0.2, 0.25) is 5.82 Å². The molecule has 1 aromatic heterocycles. The third-order valence-electron chi connectivity index (χ3n) is 1.98. The molecule has 6 nitrogen and oxygen atoms in total. The van der Waals surface area contributed by atoms with Gasteiger partial charge in [-0.1, -0.05) is 18.5 Å². The Morgan fingerprint density at radius 1 is 1.65 bits per heavy atom. The summed E-state index contributed by atoms with van der Waals surface area (Å²) < 4.78 is 11.2. The van der Waals surface area contributed by atoms with Crippen molar-refractivity contribution >= 4 is 33.9 Å². The maximum atomic E-state index is 11.2. The van der Waals surface area contributed by atoms with Crippen molar-refractivity contribution in [2.75, 3.05) is 23.4 Å². The van der Waals surface area contributed by atoms with Gasteiger partial charge in [0.25, 0.3) is 0 Å². The van der Waals surface area contributed by atoms with Crippen molar-refractivity contribution in [3.05, 3.63) is 27.4 Å². The number of hydrogen-bond acceptors (Lipinski definition) is 5. The molecule has 0 radical (unpaired) electrons. The van der Waals surface area contributed by atoms with Gasteiger partial charge in [0.15, 0.2) is 0 Å². The fourth-order valence-electron chi connectivity index (χ4n) is 1.13. The second kappa shape index (κ2) is 6.51. The number of anilines is 1. The van der Waals surface area contributed by atoms with Crippen LogP contribution in [0.15, 0.2) is 12.3 Å². The molecule has 0 saturated heterocycles. The standard InChI is InChI=1S/C9H12ClN3O3S/c1-2-17(16)4-3-11-9-8(13(14)15)5-7(10)6-12-9/h5-6H,2-4H2,1H3,(H,11,12). The number of halogens is 1. The lowest BCUT2D eigenvalue weighted by atomic mass is 10.4. The van der Waals surface area contributed by atoms with Crippen LogP contribution in [0.3, 0.4) is 0 Å². The zero-order valence-electron chi connectivity index (χ0n) is 9.18. The third kappa shape index (κ3) is 4.27. The second-order valence-electron chi connectivity index (χ2n) is 3.14. The van der Waals surface area contributed by atoms with E-state index in [0.717, 1.165) is 0 Å². The highest BCUT2D eigenvalue weighted by atomic mass is 35.5. The molecule has 1 aromatic rings. The van der Waals surface area contributed by atoms with Crippen LogP contribution in [-0.4, -0.2) is 32.2 Å². The van der Waals surface area contributed by atoms with E-state index in [1.165, 1.54) is 12.3 Å². The van der Waals surface area contributed by atoms with Gasteiger partial charge in [0.1, 0.15) is 0 Å². The largest absolute Gasteiger partial charge is 0.363 e. The molecule has 1 rings (SSSR count). The minimum Gasteiger partial charge on any atom is -0.363 e. The predicted octanol–water partition coefficient (Wildman–Crippen LogP) is 1.82. The lowest BCUT2D eigenvalue weighted by molar-refractivity contribution is -0.384. The molecule has 0 amide bonds. The van der Waals surface area contributed by atoms with Gasteiger partial charge in [-0.3, -0.25) is 14.3 Å². The van der Waals surface area contributed by atoms with E-state index in [2.05, 4.69) is 10.3 Å². The fraction of sp³-hybridized carbons (Fsp3) is 0.444. The van der Waals surface area contributed by atoms with E-state index in [4.69, 9.17) is 11.6 Å². The molecule has 1 heterocycles. The zero-order chi connectivity index (χ0) is 12.8. The molecule has 94 valence electrons. The van der Waals surface area contributed by atoms with Crippen molar-refractivity contribution in [1.82, 2.24) is 4.98 Å². The smallest absolute Gasteiger partial charge is 0.312 e. The molecule has 8 heteroatoms. The first-order valence-electron chi connectivity index (χ1n) is 4.93. The summed E-state index contributed by atoms with van der Waals surface area (Å²) in [5.41, 5.74) is -0.181. The Morgan fingerprint density at radius 2 is 2.35 bits per heavy atom. The molecule has 0 bridgehead atoms. The van der Waals surface area contributed by atoms with Crippen molar-refractivity contribution in [2.45, 2.75) is 6.92 Å². The van der Waals surface area contributed by atoms with Crippen LogP contribution in [0.4, 0.5) is 11.5 Å². The number of nitrogens with zero attached hydrogens (tertiary/aromatic N) is 2. The molecule has 0 aliphatic heterocycles. The van der Waals surface area contributed by atoms with Crippen LogP contribution < -0.4 is 5.32 Å². The summed E-state index contributed by atoms with van der Waals surface area (Å²) in [7, 11) is -0.909. The molecule has 1 unspecified atom stereocenters. The summed E-state index contributed by atoms with van der Waals surface area (Å²) in [5.74, 6) is 1.14. The number of pyridine rings is 1. The summed E-state index contributed by atoms with van der Waals surface area (Å²) in [6.07, 6.45) is 1.33. The molecule has 0 spiro atoms. The molecule has 0 saturated carbocycles. The lowest BCUT2D eigenvalue weighted by Gasteiger charge is -2.05. The van der Waals surface area contributed by atoms with Gasteiger partial charge in [0.05, 0.1) is 9.95 Å². The average molecular weight is 278 g/mol. The van der Waals surface area contributed by atoms with Crippen molar-refractivity contribution in [3.63, 3.8) is 0 Å². The second-order valence-corrected chi connectivity index (χ2v) is 5.44. The van der Waals surface area contributed by atoms with E-state index in [1.54, 1.807) is 0 Å². The average Bonchev–Trinajstić information content (AvgIpc) is 2.30. The van der Waals surface area contributed by atoms with Gasteiger partial charge in [-0.25, -0.2) is 4.98 Å². The number of nitrogens with one attached hydrogen (secondary N) is 1. The van der Waals surface area contributed by atoms with Gasteiger partial charge in [-0.2, -0.15) is 0 Å². The first kappa shape index (κ1) is 13.9. The SMILES string of the molecule is CCS(=O)CCNc1ncc(Cl)cc1[N+](=O)[O-]. The molecule has 17 heavy (non-hydrogen) atoms. The summed E-state index contributed by atoms with van der Waals surface area (Å²) in [6.45, 7) is 2.19. The summed E-state index contributed by atoms with van der Waals surface area (Å²) in [4.78, 5) is 14.0. The van der Waals surface area contributed by atoms with E-state index >= 15 is 0 Å². The molecule has 0 aliphatic carbocycles. The first-order chi connectivity index (χ1) is 8.04. The highest BCUT2D eigenvalue weighted by Gasteiger charge is 2.15. The van der Waals surface area contributed by atoms with Crippen LogP contribution in [-0.2, 0) is 10.8 Å². The van der Waals surface area contributed by atoms with Gasteiger partial charge in [-0.05, 0) is 0 Å². The van der Waals surface area contributed by atoms with Crippen LogP contribution in [0, 0.1) is 10.1 Å². The van der Waals surface area contributed by atoms with Crippen LogP contribution in [0.5, 0.6) is 0 Å². The summed E-state index contributed by atoms with van der Waals surface area (Å²) in [6, 6.07) is 1.23. The minimum atomic E-state index is -0.909. The normalized spacial score (nSPS) is 12.1. The Morgan fingerprint density at radius 3 is 2.94 bits per heavy atom. The van der Waals surface area contributed by atoms with E-state index in [9.17, 15) is 14.3 Å². The zero-order valence-corrected chi connectivity index (χ0v) is 10.8. The van der Waals surface area contributed by atoms with Crippen molar-refractivity contribution < 1.29 is 9.13 Å². The Hall–Kier alpha value is -1.21. The Bertz CT molecular complexity index is 441. The van der Waals surface area contributed by atoms with E-state index in [-0.39, 0.29) is 16.5 Å². The maximum absolute atomic E-state index is 11.2. The monoisotopic (exact) mass is 277 g/mol. The third-order valence-corrected chi connectivity index (χ3v) is 3.49. The predicted molar refractivity (Wildman–Crippen MR) is 67.9 cm³/mol. The van der Waals surface area contributed by atoms with Crippen LogP contribution in [0.1, 0.15) is 6.92 Å². The molecule has 0 aromatic carbocycles. The Kier molecular flexibility index (Phi) is 5.30. The quantitative estimate of drug-likeness (QED) is 0.633. The molecule has 1 N–H and O–H groups in total. The van der Waals surface area contributed by atoms with Crippen LogP contribution >= 0.6 is 11.6 Å². The summed E-state index contributed by atoms with van der Waals surface area (Å²) >= 11 is 5.62. The highest BCUT2D eigenvalue weighted by molar-refractivity contribution is 7.84. The van der Waals surface area contributed by atoms with Crippen molar-refractivity contribution in [3.8, 4) is 0 Å². The van der Waals surface area contributed by atoms with Crippen molar-refractivity contribution in [2.24, 2.45) is 0 Å². The number of hydrogen-bond donors (Lipinski definition) is 1. The Balaban J connectivity index is 2.70. The highest BCUT2D eigenvalue weighted by Crippen LogP contribution is 2.24. The lowest BCUT2D eigenvalue weighted by Crippen LogP contribution is -2.13. The van der Waals surface area contributed by atoms with E-state index in [0.29, 0.717) is 18.1 Å². The van der Waals surface area contributed by atoms with E-state index in [1.807, 2.05) is 6.92 Å². The van der Waals surface area contributed by atoms with Crippen molar-refractivity contribution in [1.29, 1.82) is 0 Å². The fourth-order valence-corrected chi connectivity index (χ4v) is 1.90. The molecular formula is C9H12ClN3O3S. The Labute approximate surface area is 106 Å². The van der Waals surface area contributed by atoms with Crippen LogP contribution in [0.25, 0.3) is 0 Å². The van der Waals surface area contributed by atoms with Gasteiger partial charge < -0.3 is 5.32 Å². The van der Waals surface area contributed by atoms with Crippen LogP contribution in [0.2, 0.25) is 5.02 Å². The number of rotatable bonds is 6. The summed E-state index contributed by atoms with van der Waals surface area (Å²) in [5, 5.41) is 13.7. The number of nitro groups is 1. The first-order valence-corrected chi connectivity index (χ1v) is 6.80. The van der Waals surface area contributed by atoms with Gasteiger partial charge in [0, 0.05) is 41.1 Å².